The fourth-order valence-corrected chi connectivity index (χ4v) is 4.72. The minimum atomic E-state index is -0.0902. The summed E-state index contributed by atoms with van der Waals surface area (Å²) >= 11 is 0. The highest BCUT2D eigenvalue weighted by Crippen LogP contribution is 2.36. The number of rotatable bonds is 8. The molecule has 2 aromatic carbocycles. The first-order chi connectivity index (χ1) is 18.1. The SMILES string of the molecule is COC/C=C/C(=O)NC1CCC(n2nc(-c3ccc(Oc4ccccc4)cc3)c3c(N)ncnc32)CC1. The van der Waals surface area contributed by atoms with Gasteiger partial charge in [0.25, 0.3) is 0 Å². The van der Waals surface area contributed by atoms with E-state index in [0.717, 1.165) is 59.5 Å². The van der Waals surface area contributed by atoms with Crippen molar-refractivity contribution in [1.29, 1.82) is 0 Å². The van der Waals surface area contributed by atoms with Crippen LogP contribution in [-0.4, -0.2) is 45.4 Å². The van der Waals surface area contributed by atoms with Gasteiger partial charge in [-0.2, -0.15) is 5.10 Å². The van der Waals surface area contributed by atoms with Crippen LogP contribution in [0.5, 0.6) is 11.5 Å². The standard InChI is InChI=1S/C28H30N6O3/c1-36-17-5-8-24(35)32-20-11-13-21(14-12-20)34-28-25(27(29)30-18-31-28)26(33-34)19-9-15-23(16-10-19)37-22-6-3-2-4-7-22/h2-10,15-16,18,20-21H,11-14,17H2,1H3,(H,32,35)(H2,29,30,31)/b8-5+. The lowest BCUT2D eigenvalue weighted by Gasteiger charge is -2.29. The van der Waals surface area contributed by atoms with Gasteiger partial charge >= 0.3 is 0 Å². The zero-order valence-corrected chi connectivity index (χ0v) is 20.7. The maximum atomic E-state index is 12.1. The Morgan fingerprint density at radius 1 is 1.05 bits per heavy atom. The molecule has 3 N–H and O–H groups in total. The first kappa shape index (κ1) is 24.5. The number of fused-ring (bicyclic) bond motifs is 1. The second kappa shape index (κ2) is 11.2. The number of amides is 1. The number of aromatic nitrogens is 4. The Balaban J connectivity index is 1.34. The van der Waals surface area contributed by atoms with Crippen LogP contribution in [0.15, 0.2) is 73.1 Å². The van der Waals surface area contributed by atoms with E-state index in [1.807, 2.05) is 59.3 Å². The molecule has 0 atom stereocenters. The average Bonchev–Trinajstić information content (AvgIpc) is 3.31. The number of nitrogen functional groups attached to an aromatic ring is 1. The largest absolute Gasteiger partial charge is 0.457 e. The van der Waals surface area contributed by atoms with Crippen molar-refractivity contribution in [2.75, 3.05) is 19.5 Å². The predicted molar refractivity (Wildman–Crippen MR) is 142 cm³/mol. The van der Waals surface area contributed by atoms with Gasteiger partial charge in [-0.25, -0.2) is 14.6 Å². The number of ether oxygens (including phenoxy) is 2. The molecule has 0 unspecified atom stereocenters. The molecule has 1 aliphatic rings. The molecule has 5 rings (SSSR count). The molecule has 0 spiro atoms. The van der Waals surface area contributed by atoms with E-state index < -0.39 is 0 Å². The third-order valence-electron chi connectivity index (χ3n) is 6.55. The third kappa shape index (κ3) is 5.62. The van der Waals surface area contributed by atoms with Crippen LogP contribution in [-0.2, 0) is 9.53 Å². The van der Waals surface area contributed by atoms with Crippen LogP contribution >= 0.6 is 0 Å². The minimum absolute atomic E-state index is 0.0902. The van der Waals surface area contributed by atoms with E-state index in [9.17, 15) is 4.79 Å². The van der Waals surface area contributed by atoms with Crippen LogP contribution in [0.1, 0.15) is 31.7 Å². The first-order valence-corrected chi connectivity index (χ1v) is 12.4. The Morgan fingerprint density at radius 3 is 2.51 bits per heavy atom. The summed E-state index contributed by atoms with van der Waals surface area (Å²) < 4.78 is 12.9. The molecule has 190 valence electrons. The number of carbonyl (C=O) groups is 1. The molecule has 1 aliphatic carbocycles. The molecule has 37 heavy (non-hydrogen) atoms. The van der Waals surface area contributed by atoms with Crippen molar-refractivity contribution in [3.63, 3.8) is 0 Å². The number of nitrogens with one attached hydrogen (secondary N) is 1. The highest BCUT2D eigenvalue weighted by Gasteiger charge is 2.27. The maximum Gasteiger partial charge on any atom is 0.243 e. The zero-order valence-electron chi connectivity index (χ0n) is 20.7. The highest BCUT2D eigenvalue weighted by molar-refractivity contribution is 5.98. The lowest BCUT2D eigenvalue weighted by molar-refractivity contribution is -0.117. The minimum Gasteiger partial charge on any atom is -0.457 e. The van der Waals surface area contributed by atoms with Crippen molar-refractivity contribution in [1.82, 2.24) is 25.1 Å². The van der Waals surface area contributed by atoms with E-state index in [2.05, 4.69) is 15.3 Å². The fraction of sp³-hybridized carbons (Fsp3) is 0.286. The molecule has 0 radical (unpaired) electrons. The Morgan fingerprint density at radius 2 is 1.78 bits per heavy atom. The summed E-state index contributed by atoms with van der Waals surface area (Å²) in [6, 6.07) is 17.7. The van der Waals surface area contributed by atoms with Crippen molar-refractivity contribution in [2.24, 2.45) is 0 Å². The highest BCUT2D eigenvalue weighted by atomic mass is 16.5. The molecule has 2 heterocycles. The number of nitrogens with zero attached hydrogens (tertiary/aromatic N) is 4. The van der Waals surface area contributed by atoms with Gasteiger partial charge in [-0.05, 0) is 62.1 Å². The van der Waals surface area contributed by atoms with Crippen LogP contribution in [0, 0.1) is 0 Å². The quantitative estimate of drug-likeness (QED) is 0.339. The number of benzene rings is 2. The molecule has 0 aliphatic heterocycles. The Bertz CT molecular complexity index is 1380. The van der Waals surface area contributed by atoms with Gasteiger partial charge in [0.1, 0.15) is 29.3 Å². The maximum absolute atomic E-state index is 12.1. The monoisotopic (exact) mass is 498 g/mol. The molecule has 0 saturated heterocycles. The number of para-hydroxylation sites is 1. The number of carbonyl (C=O) groups excluding carboxylic acids is 1. The topological polar surface area (TPSA) is 117 Å². The molecular weight excluding hydrogens is 468 g/mol. The van der Waals surface area contributed by atoms with Crippen molar-refractivity contribution < 1.29 is 14.3 Å². The van der Waals surface area contributed by atoms with Crippen LogP contribution in [0.4, 0.5) is 5.82 Å². The summed E-state index contributed by atoms with van der Waals surface area (Å²) in [6.45, 7) is 0.419. The molecule has 2 aromatic heterocycles. The lowest BCUT2D eigenvalue weighted by Crippen LogP contribution is -2.37. The Labute approximate surface area is 215 Å². The van der Waals surface area contributed by atoms with Crippen molar-refractivity contribution in [3.8, 4) is 22.8 Å². The second-order valence-corrected chi connectivity index (χ2v) is 9.06. The summed E-state index contributed by atoms with van der Waals surface area (Å²) in [7, 11) is 1.60. The van der Waals surface area contributed by atoms with E-state index in [1.165, 1.54) is 12.4 Å². The van der Waals surface area contributed by atoms with E-state index in [1.54, 1.807) is 13.2 Å². The summed E-state index contributed by atoms with van der Waals surface area (Å²) in [4.78, 5) is 20.9. The van der Waals surface area contributed by atoms with Gasteiger partial charge in [0.05, 0.1) is 18.0 Å². The normalized spacial score (nSPS) is 17.8. The number of hydrogen-bond donors (Lipinski definition) is 2. The van der Waals surface area contributed by atoms with E-state index in [0.29, 0.717) is 12.4 Å². The predicted octanol–water partition coefficient (Wildman–Crippen LogP) is 4.67. The van der Waals surface area contributed by atoms with Crippen LogP contribution < -0.4 is 15.8 Å². The number of methoxy groups -OCH3 is 1. The first-order valence-electron chi connectivity index (χ1n) is 12.4. The Kier molecular flexibility index (Phi) is 7.41. The summed E-state index contributed by atoms with van der Waals surface area (Å²) in [5.74, 6) is 1.83. The molecule has 0 bridgehead atoms. The molecule has 1 fully saturated rings. The van der Waals surface area contributed by atoms with E-state index >= 15 is 0 Å². The van der Waals surface area contributed by atoms with Gasteiger partial charge in [0, 0.05) is 24.8 Å². The number of hydrogen-bond acceptors (Lipinski definition) is 7. The van der Waals surface area contributed by atoms with E-state index in [-0.39, 0.29) is 18.0 Å². The second-order valence-electron chi connectivity index (χ2n) is 9.06. The van der Waals surface area contributed by atoms with Crippen LogP contribution in [0.2, 0.25) is 0 Å². The lowest BCUT2D eigenvalue weighted by atomic mass is 9.91. The van der Waals surface area contributed by atoms with Gasteiger partial charge in [-0.1, -0.05) is 24.3 Å². The van der Waals surface area contributed by atoms with Gasteiger partial charge in [-0.15, -0.1) is 0 Å². The smallest absolute Gasteiger partial charge is 0.243 e. The van der Waals surface area contributed by atoms with Gasteiger partial charge in [0.15, 0.2) is 5.65 Å². The molecule has 1 saturated carbocycles. The average molecular weight is 499 g/mol. The number of nitrogens with two attached hydrogens (primary N) is 1. The molecule has 9 heteroatoms. The number of anilines is 1. The van der Waals surface area contributed by atoms with Crippen molar-refractivity contribution in [2.45, 2.75) is 37.8 Å². The van der Waals surface area contributed by atoms with Gasteiger partial charge in [-0.3, -0.25) is 4.79 Å². The van der Waals surface area contributed by atoms with Gasteiger partial charge < -0.3 is 20.5 Å². The van der Waals surface area contributed by atoms with Crippen LogP contribution in [0.3, 0.4) is 0 Å². The van der Waals surface area contributed by atoms with Crippen molar-refractivity contribution in [3.05, 3.63) is 73.1 Å². The molecule has 9 nitrogen and oxygen atoms in total. The fourth-order valence-electron chi connectivity index (χ4n) is 4.72. The summed E-state index contributed by atoms with van der Waals surface area (Å²) in [6.07, 6.45) is 8.18. The molecule has 4 aromatic rings. The van der Waals surface area contributed by atoms with E-state index in [4.69, 9.17) is 20.3 Å². The van der Waals surface area contributed by atoms with Gasteiger partial charge in [0.2, 0.25) is 5.91 Å². The van der Waals surface area contributed by atoms with Crippen molar-refractivity contribution >= 4 is 22.8 Å². The third-order valence-corrected chi connectivity index (χ3v) is 6.55. The zero-order chi connectivity index (χ0) is 25.6. The molecular formula is C28H30N6O3. The summed E-state index contributed by atoms with van der Waals surface area (Å²) in [5, 5.41) is 8.80. The summed E-state index contributed by atoms with van der Waals surface area (Å²) in [5.41, 5.74) is 8.69. The Hall–Kier alpha value is -4.24. The van der Waals surface area contributed by atoms with Crippen LogP contribution in [0.25, 0.3) is 22.3 Å². The molecule has 1 amide bonds.